The number of anilines is 1. The number of para-hydroxylation sites is 1. The third-order valence-corrected chi connectivity index (χ3v) is 7.45. The van der Waals surface area contributed by atoms with Crippen molar-refractivity contribution in [2.24, 2.45) is 4.99 Å². The maximum absolute atomic E-state index is 12.4. The Morgan fingerprint density at radius 1 is 1.18 bits per heavy atom. The van der Waals surface area contributed by atoms with Crippen LogP contribution in [0.2, 0.25) is 0 Å². The molecule has 0 aliphatic carbocycles. The number of aliphatic imine (C=N–C) groups is 1. The Labute approximate surface area is 174 Å². The van der Waals surface area contributed by atoms with E-state index in [1.165, 1.54) is 5.69 Å². The Kier molecular flexibility index (Phi) is 9.94. The molecule has 7 nitrogen and oxygen atoms in total. The molecule has 158 valence electrons. The van der Waals surface area contributed by atoms with E-state index in [0.29, 0.717) is 25.6 Å². The molecule has 0 amide bonds. The van der Waals surface area contributed by atoms with E-state index in [2.05, 4.69) is 51.7 Å². The smallest absolute Gasteiger partial charge is 0.215 e. The molecule has 9 heteroatoms. The molecule has 0 aromatic heterocycles. The predicted octanol–water partition coefficient (Wildman–Crippen LogP) is 1.45. The van der Waals surface area contributed by atoms with Gasteiger partial charge in [0.15, 0.2) is 5.96 Å². The Hall–Kier alpha value is -1.45. The molecule has 1 aromatic carbocycles. The zero-order valence-electron chi connectivity index (χ0n) is 16.9. The summed E-state index contributed by atoms with van der Waals surface area (Å²) in [7, 11) is -1.49. The van der Waals surface area contributed by atoms with Crippen LogP contribution in [0.25, 0.3) is 0 Å². The molecule has 0 radical (unpaired) electrons. The summed E-state index contributed by atoms with van der Waals surface area (Å²) in [6, 6.07) is 10.4. The number of hydrogen-bond donors (Lipinski definition) is 2. The SMILES string of the molecule is CCN(CCCNC(=NC)NCCS(=O)(=O)N1CCSCC1)c1ccccc1. The van der Waals surface area contributed by atoms with E-state index in [-0.39, 0.29) is 5.75 Å². The molecule has 2 N–H and O–H groups in total. The molecule has 0 saturated carbocycles. The highest BCUT2D eigenvalue weighted by atomic mass is 32.2. The fourth-order valence-corrected chi connectivity index (χ4v) is 5.55. The van der Waals surface area contributed by atoms with E-state index in [1.807, 2.05) is 6.07 Å². The first-order chi connectivity index (χ1) is 13.6. The molecule has 1 aromatic rings. The first-order valence-electron chi connectivity index (χ1n) is 9.87. The van der Waals surface area contributed by atoms with Gasteiger partial charge in [-0.25, -0.2) is 12.7 Å². The Morgan fingerprint density at radius 3 is 2.50 bits per heavy atom. The average Bonchev–Trinajstić information content (AvgIpc) is 2.73. The molecule has 0 unspecified atom stereocenters. The first-order valence-corrected chi connectivity index (χ1v) is 12.6. The number of rotatable bonds is 10. The number of benzene rings is 1. The van der Waals surface area contributed by atoms with Crippen molar-refractivity contribution in [2.75, 3.05) is 68.5 Å². The number of hydrogen-bond acceptors (Lipinski definition) is 5. The van der Waals surface area contributed by atoms with Crippen molar-refractivity contribution in [1.82, 2.24) is 14.9 Å². The molecule has 28 heavy (non-hydrogen) atoms. The van der Waals surface area contributed by atoms with E-state index in [9.17, 15) is 8.42 Å². The molecule has 0 spiro atoms. The summed E-state index contributed by atoms with van der Waals surface area (Å²) >= 11 is 1.81. The highest BCUT2D eigenvalue weighted by Gasteiger charge is 2.23. The summed E-state index contributed by atoms with van der Waals surface area (Å²) in [4.78, 5) is 6.52. The number of sulfonamides is 1. The normalized spacial score (nSPS) is 16.0. The van der Waals surface area contributed by atoms with Gasteiger partial charge in [-0.3, -0.25) is 4.99 Å². The van der Waals surface area contributed by atoms with E-state index < -0.39 is 10.0 Å². The van der Waals surface area contributed by atoms with E-state index >= 15 is 0 Å². The minimum absolute atomic E-state index is 0.0932. The predicted molar refractivity (Wildman–Crippen MR) is 121 cm³/mol. The minimum atomic E-state index is -3.19. The van der Waals surface area contributed by atoms with Crippen molar-refractivity contribution < 1.29 is 8.42 Å². The van der Waals surface area contributed by atoms with Crippen LogP contribution in [0.4, 0.5) is 5.69 Å². The van der Waals surface area contributed by atoms with Gasteiger partial charge in [0.25, 0.3) is 0 Å². The maximum Gasteiger partial charge on any atom is 0.215 e. The highest BCUT2D eigenvalue weighted by Crippen LogP contribution is 2.13. The lowest BCUT2D eigenvalue weighted by atomic mass is 10.2. The van der Waals surface area contributed by atoms with Crippen LogP contribution < -0.4 is 15.5 Å². The van der Waals surface area contributed by atoms with Crippen molar-refractivity contribution in [1.29, 1.82) is 0 Å². The Bertz CT molecular complexity index is 692. The maximum atomic E-state index is 12.4. The lowest BCUT2D eigenvalue weighted by Gasteiger charge is -2.25. The van der Waals surface area contributed by atoms with Crippen LogP contribution in [0.3, 0.4) is 0 Å². The number of nitrogens with zero attached hydrogens (tertiary/aromatic N) is 3. The Balaban J connectivity index is 1.67. The number of guanidine groups is 1. The van der Waals surface area contributed by atoms with Crippen LogP contribution in [0.5, 0.6) is 0 Å². The molecule has 1 fully saturated rings. The molecule has 1 aliphatic rings. The summed E-state index contributed by atoms with van der Waals surface area (Å²) in [6.45, 7) is 6.44. The second-order valence-electron chi connectivity index (χ2n) is 6.52. The average molecular weight is 428 g/mol. The zero-order chi connectivity index (χ0) is 20.2. The molecule has 2 rings (SSSR count). The largest absolute Gasteiger partial charge is 0.372 e. The summed E-state index contributed by atoms with van der Waals surface area (Å²) < 4.78 is 26.3. The molecule has 1 saturated heterocycles. The van der Waals surface area contributed by atoms with Gasteiger partial charge in [-0.15, -0.1) is 0 Å². The lowest BCUT2D eigenvalue weighted by molar-refractivity contribution is 0.443. The van der Waals surface area contributed by atoms with Gasteiger partial charge in [-0.1, -0.05) is 18.2 Å². The van der Waals surface area contributed by atoms with Gasteiger partial charge in [-0.2, -0.15) is 11.8 Å². The topological polar surface area (TPSA) is 77.0 Å². The van der Waals surface area contributed by atoms with E-state index in [1.54, 1.807) is 23.1 Å². The molecule has 1 aliphatic heterocycles. The zero-order valence-corrected chi connectivity index (χ0v) is 18.6. The molecule has 0 bridgehead atoms. The van der Waals surface area contributed by atoms with Crippen LogP contribution in [-0.2, 0) is 10.0 Å². The second-order valence-corrected chi connectivity index (χ2v) is 9.84. The van der Waals surface area contributed by atoms with Crippen LogP contribution >= 0.6 is 11.8 Å². The van der Waals surface area contributed by atoms with Gasteiger partial charge in [-0.05, 0) is 25.5 Å². The van der Waals surface area contributed by atoms with Crippen molar-refractivity contribution in [2.45, 2.75) is 13.3 Å². The summed E-state index contributed by atoms with van der Waals surface area (Å²) in [5.74, 6) is 2.50. The van der Waals surface area contributed by atoms with Gasteiger partial charge < -0.3 is 15.5 Å². The fraction of sp³-hybridized carbons (Fsp3) is 0.632. The molecule has 1 heterocycles. The molecule has 0 atom stereocenters. The number of nitrogens with one attached hydrogen (secondary N) is 2. The fourth-order valence-electron chi connectivity index (χ4n) is 3.06. The Morgan fingerprint density at radius 2 is 1.86 bits per heavy atom. The summed E-state index contributed by atoms with van der Waals surface area (Å²) in [5, 5.41) is 6.38. The van der Waals surface area contributed by atoms with Gasteiger partial charge in [0.1, 0.15) is 0 Å². The van der Waals surface area contributed by atoms with Crippen molar-refractivity contribution in [3.8, 4) is 0 Å². The van der Waals surface area contributed by atoms with E-state index in [0.717, 1.165) is 37.6 Å². The molecular formula is C19H33N5O2S2. The minimum Gasteiger partial charge on any atom is -0.372 e. The van der Waals surface area contributed by atoms with Gasteiger partial charge in [0.2, 0.25) is 10.0 Å². The van der Waals surface area contributed by atoms with Crippen LogP contribution in [0.15, 0.2) is 35.3 Å². The standard InChI is InChI=1S/C19H33N5O2S2/c1-3-23(18-8-5-4-6-9-18)12-7-10-21-19(20-2)22-11-17-28(25,26)24-13-15-27-16-14-24/h4-6,8-9H,3,7,10-17H2,1-2H3,(H2,20,21,22). The second kappa shape index (κ2) is 12.2. The van der Waals surface area contributed by atoms with Crippen LogP contribution in [0, 0.1) is 0 Å². The highest BCUT2D eigenvalue weighted by molar-refractivity contribution is 7.99. The number of thioether (sulfide) groups is 1. The first kappa shape index (κ1) is 22.8. The van der Waals surface area contributed by atoms with Gasteiger partial charge in [0.05, 0.1) is 5.75 Å². The lowest BCUT2D eigenvalue weighted by Crippen LogP contribution is -2.44. The summed E-state index contributed by atoms with van der Waals surface area (Å²) in [5.41, 5.74) is 1.23. The van der Waals surface area contributed by atoms with Crippen LogP contribution in [0.1, 0.15) is 13.3 Å². The molecular weight excluding hydrogens is 394 g/mol. The monoisotopic (exact) mass is 427 g/mol. The quantitative estimate of drug-likeness (QED) is 0.334. The third kappa shape index (κ3) is 7.52. The van der Waals surface area contributed by atoms with Crippen molar-refractivity contribution >= 4 is 33.4 Å². The summed E-state index contributed by atoms with van der Waals surface area (Å²) in [6.07, 6.45) is 0.965. The van der Waals surface area contributed by atoms with Gasteiger partial charge in [0, 0.05) is 63.5 Å². The van der Waals surface area contributed by atoms with Crippen molar-refractivity contribution in [3.63, 3.8) is 0 Å². The van der Waals surface area contributed by atoms with Gasteiger partial charge >= 0.3 is 0 Å². The van der Waals surface area contributed by atoms with Crippen LogP contribution in [-0.4, -0.2) is 82.3 Å². The third-order valence-electron chi connectivity index (χ3n) is 4.64. The van der Waals surface area contributed by atoms with E-state index in [4.69, 9.17) is 0 Å². The van der Waals surface area contributed by atoms with Crippen molar-refractivity contribution in [3.05, 3.63) is 30.3 Å².